The molecule has 1 rings (SSSR count). The molecule has 1 aromatic carbocycles. The highest BCUT2D eigenvalue weighted by Gasteiger charge is 2.04. The van der Waals surface area contributed by atoms with E-state index in [0.717, 1.165) is 5.56 Å². The number of nitrogens with one attached hydrogen (secondary N) is 1. The van der Waals surface area contributed by atoms with Crippen molar-refractivity contribution in [3.63, 3.8) is 0 Å². The Bertz CT molecular complexity index is 421. The summed E-state index contributed by atoms with van der Waals surface area (Å²) in [5, 5.41) is 13.5. The molecule has 0 atom stereocenters. The van der Waals surface area contributed by atoms with E-state index in [0.29, 0.717) is 13.0 Å². The van der Waals surface area contributed by atoms with Crippen LogP contribution in [0.3, 0.4) is 0 Å². The van der Waals surface area contributed by atoms with E-state index in [4.69, 9.17) is 10.9 Å². The van der Waals surface area contributed by atoms with Crippen molar-refractivity contribution in [2.24, 2.45) is 10.9 Å². The Kier molecular flexibility index (Phi) is 4.93. The molecule has 0 bridgehead atoms. The molecule has 6 heteroatoms. The van der Waals surface area contributed by atoms with Crippen LogP contribution < -0.4 is 11.1 Å². The van der Waals surface area contributed by atoms with E-state index in [1.54, 1.807) is 12.1 Å². The molecule has 0 saturated carbocycles. The number of nitrogens with zero attached hydrogens (tertiary/aromatic N) is 1. The average molecular weight is 239 g/mol. The molecule has 0 heterocycles. The summed E-state index contributed by atoms with van der Waals surface area (Å²) in [7, 11) is 0. The number of amidine groups is 1. The van der Waals surface area contributed by atoms with E-state index in [1.165, 1.54) is 12.1 Å². The third-order valence-electron chi connectivity index (χ3n) is 2.09. The molecular formula is C11H14FN3O2. The minimum absolute atomic E-state index is 0.145. The predicted octanol–water partition coefficient (Wildman–Crippen LogP) is 0.621. The highest BCUT2D eigenvalue weighted by atomic mass is 19.1. The number of carbonyl (C=O) groups excluding carboxylic acids is 1. The molecule has 0 aliphatic carbocycles. The molecule has 0 spiro atoms. The first kappa shape index (κ1) is 13.0. The van der Waals surface area contributed by atoms with Gasteiger partial charge < -0.3 is 16.3 Å². The SMILES string of the molecule is N/C(CC(=O)NCCc1cccc(F)c1)=N\O. The fraction of sp³-hybridized carbons (Fsp3) is 0.273. The Labute approximate surface area is 98.1 Å². The zero-order chi connectivity index (χ0) is 12.7. The fourth-order valence-corrected chi connectivity index (χ4v) is 1.30. The number of rotatable bonds is 5. The maximum atomic E-state index is 12.8. The van der Waals surface area contributed by atoms with Gasteiger partial charge in [-0.25, -0.2) is 4.39 Å². The predicted molar refractivity (Wildman–Crippen MR) is 61.1 cm³/mol. The molecule has 1 aromatic rings. The van der Waals surface area contributed by atoms with Crippen LogP contribution in [-0.2, 0) is 11.2 Å². The van der Waals surface area contributed by atoms with Crippen molar-refractivity contribution in [1.82, 2.24) is 5.32 Å². The van der Waals surface area contributed by atoms with Crippen LogP contribution in [0.1, 0.15) is 12.0 Å². The van der Waals surface area contributed by atoms with E-state index >= 15 is 0 Å². The van der Waals surface area contributed by atoms with Gasteiger partial charge in [0.2, 0.25) is 5.91 Å². The van der Waals surface area contributed by atoms with Crippen molar-refractivity contribution in [3.05, 3.63) is 35.6 Å². The Hall–Kier alpha value is -2.11. The van der Waals surface area contributed by atoms with E-state index in [9.17, 15) is 9.18 Å². The maximum absolute atomic E-state index is 12.8. The molecule has 0 aliphatic rings. The van der Waals surface area contributed by atoms with Crippen LogP contribution in [0.2, 0.25) is 0 Å². The average Bonchev–Trinajstić information content (AvgIpc) is 2.29. The second-order valence-electron chi connectivity index (χ2n) is 3.50. The monoisotopic (exact) mass is 239 g/mol. The van der Waals surface area contributed by atoms with Gasteiger partial charge >= 0.3 is 0 Å². The summed E-state index contributed by atoms with van der Waals surface area (Å²) in [6.07, 6.45) is 0.374. The van der Waals surface area contributed by atoms with Crippen LogP contribution >= 0.6 is 0 Å². The number of hydrogen-bond donors (Lipinski definition) is 3. The maximum Gasteiger partial charge on any atom is 0.227 e. The number of carbonyl (C=O) groups is 1. The second kappa shape index (κ2) is 6.47. The van der Waals surface area contributed by atoms with E-state index in [-0.39, 0.29) is 24.0 Å². The lowest BCUT2D eigenvalue weighted by molar-refractivity contribution is -0.119. The first-order valence-corrected chi connectivity index (χ1v) is 5.09. The molecule has 0 fully saturated rings. The third-order valence-corrected chi connectivity index (χ3v) is 2.09. The van der Waals surface area contributed by atoms with Gasteiger partial charge in [-0.2, -0.15) is 0 Å². The summed E-state index contributed by atoms with van der Waals surface area (Å²) in [5.74, 6) is -0.782. The molecule has 0 aromatic heterocycles. The van der Waals surface area contributed by atoms with E-state index < -0.39 is 0 Å². The molecule has 1 amide bonds. The smallest absolute Gasteiger partial charge is 0.227 e. The van der Waals surface area contributed by atoms with Crippen molar-refractivity contribution in [3.8, 4) is 0 Å². The number of hydrogen-bond acceptors (Lipinski definition) is 3. The quantitative estimate of drug-likeness (QED) is 0.304. The van der Waals surface area contributed by atoms with Crippen LogP contribution in [0.5, 0.6) is 0 Å². The Morgan fingerprint density at radius 1 is 1.53 bits per heavy atom. The van der Waals surface area contributed by atoms with Gasteiger partial charge in [0.05, 0.1) is 6.42 Å². The molecule has 92 valence electrons. The largest absolute Gasteiger partial charge is 0.409 e. The number of amides is 1. The van der Waals surface area contributed by atoms with Crippen molar-refractivity contribution in [2.75, 3.05) is 6.54 Å². The Morgan fingerprint density at radius 2 is 2.29 bits per heavy atom. The number of oxime groups is 1. The van der Waals surface area contributed by atoms with Gasteiger partial charge in [-0.05, 0) is 24.1 Å². The summed E-state index contributed by atoms with van der Waals surface area (Å²) in [4.78, 5) is 11.2. The lowest BCUT2D eigenvalue weighted by Gasteiger charge is -2.04. The molecule has 0 radical (unpaired) electrons. The number of nitrogens with two attached hydrogens (primary N) is 1. The van der Waals surface area contributed by atoms with Crippen molar-refractivity contribution in [1.29, 1.82) is 0 Å². The Morgan fingerprint density at radius 3 is 2.94 bits per heavy atom. The van der Waals surface area contributed by atoms with Gasteiger partial charge in [0, 0.05) is 6.54 Å². The van der Waals surface area contributed by atoms with Gasteiger partial charge in [0.1, 0.15) is 11.7 Å². The van der Waals surface area contributed by atoms with Gasteiger partial charge in [-0.3, -0.25) is 4.79 Å². The fourth-order valence-electron chi connectivity index (χ4n) is 1.30. The van der Waals surface area contributed by atoms with Crippen molar-refractivity contribution >= 4 is 11.7 Å². The molecule has 0 aliphatic heterocycles. The first-order chi connectivity index (χ1) is 8.11. The molecule has 5 nitrogen and oxygen atoms in total. The van der Waals surface area contributed by atoms with Crippen LogP contribution in [0.15, 0.2) is 29.4 Å². The van der Waals surface area contributed by atoms with E-state index in [1.807, 2.05) is 0 Å². The number of halogens is 1. The Balaban J connectivity index is 2.31. The van der Waals surface area contributed by atoms with Crippen LogP contribution in [0, 0.1) is 5.82 Å². The zero-order valence-corrected chi connectivity index (χ0v) is 9.19. The minimum atomic E-state index is -0.336. The van der Waals surface area contributed by atoms with Gasteiger partial charge in [-0.15, -0.1) is 0 Å². The lowest BCUT2D eigenvalue weighted by Crippen LogP contribution is -2.30. The summed E-state index contributed by atoms with van der Waals surface area (Å²) < 4.78 is 12.8. The summed E-state index contributed by atoms with van der Waals surface area (Å²) in [6.45, 7) is 0.376. The van der Waals surface area contributed by atoms with E-state index in [2.05, 4.69) is 10.5 Å². The standard InChI is InChI=1S/C11H14FN3O2/c12-9-3-1-2-8(6-9)4-5-14-11(16)7-10(13)15-17/h1-3,6,17H,4-5,7H2,(H2,13,15)(H,14,16). The van der Waals surface area contributed by atoms with Gasteiger partial charge in [0.25, 0.3) is 0 Å². The topological polar surface area (TPSA) is 87.7 Å². The van der Waals surface area contributed by atoms with Crippen molar-refractivity contribution < 1.29 is 14.4 Å². The minimum Gasteiger partial charge on any atom is -0.409 e. The second-order valence-corrected chi connectivity index (χ2v) is 3.50. The zero-order valence-electron chi connectivity index (χ0n) is 9.19. The molecule has 0 unspecified atom stereocenters. The summed E-state index contributed by atoms with van der Waals surface area (Å²) >= 11 is 0. The van der Waals surface area contributed by atoms with Crippen LogP contribution in [-0.4, -0.2) is 23.5 Å². The first-order valence-electron chi connectivity index (χ1n) is 5.09. The highest BCUT2D eigenvalue weighted by Crippen LogP contribution is 2.03. The molecule has 4 N–H and O–H groups in total. The normalized spacial score (nSPS) is 11.2. The molecular weight excluding hydrogens is 225 g/mol. The molecule has 0 saturated heterocycles. The number of benzene rings is 1. The van der Waals surface area contributed by atoms with Gasteiger partial charge in [0.15, 0.2) is 0 Å². The highest BCUT2D eigenvalue weighted by molar-refractivity contribution is 5.98. The summed E-state index contributed by atoms with van der Waals surface area (Å²) in [6, 6.07) is 6.16. The van der Waals surface area contributed by atoms with Crippen LogP contribution in [0.25, 0.3) is 0 Å². The third kappa shape index (κ3) is 4.96. The van der Waals surface area contributed by atoms with Crippen LogP contribution in [0.4, 0.5) is 4.39 Å². The van der Waals surface area contributed by atoms with Crippen molar-refractivity contribution in [2.45, 2.75) is 12.8 Å². The lowest BCUT2D eigenvalue weighted by atomic mass is 10.1. The molecule has 17 heavy (non-hydrogen) atoms. The summed E-state index contributed by atoms with van der Waals surface area (Å²) in [5.41, 5.74) is 5.97. The van der Waals surface area contributed by atoms with Gasteiger partial charge in [-0.1, -0.05) is 17.3 Å².